The lowest BCUT2D eigenvalue weighted by Crippen LogP contribution is -2.00. The number of fused-ring (bicyclic) bond motifs is 1. The van der Waals surface area contributed by atoms with Crippen molar-refractivity contribution >= 4 is 20.9 Å². The molecule has 130 valence electrons. The number of aromatic nitrogens is 3. The van der Waals surface area contributed by atoms with Crippen LogP contribution in [0.25, 0.3) is 22.3 Å². The van der Waals surface area contributed by atoms with Crippen LogP contribution in [0.4, 0.5) is 0 Å². The summed E-state index contributed by atoms with van der Waals surface area (Å²) in [5.74, 6) is 0. The molecular formula is C20H17N3O2S. The van der Waals surface area contributed by atoms with Crippen LogP contribution in [-0.4, -0.2) is 29.2 Å². The van der Waals surface area contributed by atoms with Crippen LogP contribution < -0.4 is 0 Å². The maximum absolute atomic E-state index is 11.6. The van der Waals surface area contributed by atoms with Gasteiger partial charge in [0.1, 0.15) is 5.65 Å². The zero-order chi connectivity index (χ0) is 18.1. The number of nitrogens with zero attached hydrogens (tertiary/aromatic N) is 3. The smallest absolute Gasteiger partial charge is 0.175 e. The molecule has 0 saturated heterocycles. The summed E-state index contributed by atoms with van der Waals surface area (Å²) < 4.78 is 25.3. The average Bonchev–Trinajstić information content (AvgIpc) is 3.04. The first kappa shape index (κ1) is 16.5. The van der Waals surface area contributed by atoms with Gasteiger partial charge in [-0.1, -0.05) is 12.1 Å². The molecule has 6 heteroatoms. The molecule has 0 atom stereocenters. The molecule has 0 aliphatic heterocycles. The van der Waals surface area contributed by atoms with Crippen LogP contribution in [0.2, 0.25) is 0 Å². The standard InChI is InChI=1S/C20H17N3O2S/c1-26(24,25)18-5-2-16(3-6-18)19-7-4-17-10-13-23(20(17)22-19)14-15-8-11-21-12-9-15/h2-13H,14H2,1H3. The van der Waals surface area contributed by atoms with Gasteiger partial charge in [0.15, 0.2) is 9.84 Å². The Balaban J connectivity index is 1.72. The third-order valence-electron chi connectivity index (χ3n) is 4.29. The van der Waals surface area contributed by atoms with Gasteiger partial charge in [-0.2, -0.15) is 0 Å². The molecule has 1 aromatic carbocycles. The second-order valence-electron chi connectivity index (χ2n) is 6.20. The third-order valence-corrected chi connectivity index (χ3v) is 5.42. The predicted molar refractivity (Wildman–Crippen MR) is 102 cm³/mol. The molecule has 0 unspecified atom stereocenters. The Hall–Kier alpha value is -2.99. The van der Waals surface area contributed by atoms with Crippen molar-refractivity contribution in [2.24, 2.45) is 0 Å². The number of rotatable bonds is 4. The largest absolute Gasteiger partial charge is 0.328 e. The zero-order valence-corrected chi connectivity index (χ0v) is 15.0. The van der Waals surface area contributed by atoms with E-state index in [-0.39, 0.29) is 0 Å². The van der Waals surface area contributed by atoms with Gasteiger partial charge < -0.3 is 4.57 Å². The summed E-state index contributed by atoms with van der Waals surface area (Å²) in [6.07, 6.45) is 6.79. The Morgan fingerprint density at radius 2 is 1.65 bits per heavy atom. The Morgan fingerprint density at radius 3 is 2.35 bits per heavy atom. The maximum atomic E-state index is 11.6. The molecule has 26 heavy (non-hydrogen) atoms. The normalized spacial score (nSPS) is 11.7. The molecule has 5 nitrogen and oxygen atoms in total. The monoisotopic (exact) mass is 363 g/mol. The minimum atomic E-state index is -3.20. The molecule has 0 spiro atoms. The fourth-order valence-electron chi connectivity index (χ4n) is 2.91. The van der Waals surface area contributed by atoms with Crippen LogP contribution >= 0.6 is 0 Å². The van der Waals surface area contributed by atoms with E-state index in [0.29, 0.717) is 4.90 Å². The van der Waals surface area contributed by atoms with Crippen LogP contribution in [0.15, 0.2) is 78.1 Å². The van der Waals surface area contributed by atoms with E-state index in [0.717, 1.165) is 34.4 Å². The quantitative estimate of drug-likeness (QED) is 0.556. The van der Waals surface area contributed by atoms with Crippen molar-refractivity contribution in [2.45, 2.75) is 11.4 Å². The van der Waals surface area contributed by atoms with Gasteiger partial charge in [-0.3, -0.25) is 4.98 Å². The van der Waals surface area contributed by atoms with Crippen molar-refractivity contribution < 1.29 is 8.42 Å². The molecule has 0 bridgehead atoms. The van der Waals surface area contributed by atoms with Gasteiger partial charge in [0.05, 0.1) is 10.6 Å². The Bertz CT molecular complexity index is 1160. The van der Waals surface area contributed by atoms with E-state index in [9.17, 15) is 8.42 Å². The van der Waals surface area contributed by atoms with Gasteiger partial charge >= 0.3 is 0 Å². The molecule has 4 aromatic rings. The van der Waals surface area contributed by atoms with E-state index in [1.54, 1.807) is 36.7 Å². The molecule has 4 rings (SSSR count). The van der Waals surface area contributed by atoms with Crippen molar-refractivity contribution in [1.29, 1.82) is 0 Å². The highest BCUT2D eigenvalue weighted by molar-refractivity contribution is 7.90. The van der Waals surface area contributed by atoms with E-state index in [1.165, 1.54) is 6.26 Å². The Kier molecular flexibility index (Phi) is 4.05. The fourth-order valence-corrected chi connectivity index (χ4v) is 3.54. The lowest BCUT2D eigenvalue weighted by molar-refractivity contribution is 0.602. The topological polar surface area (TPSA) is 64.8 Å². The average molecular weight is 363 g/mol. The van der Waals surface area contributed by atoms with Crippen LogP contribution in [0.5, 0.6) is 0 Å². The van der Waals surface area contributed by atoms with Crippen LogP contribution in [0.3, 0.4) is 0 Å². The summed E-state index contributed by atoms with van der Waals surface area (Å²) in [4.78, 5) is 9.15. The van der Waals surface area contributed by atoms with Crippen molar-refractivity contribution in [1.82, 2.24) is 14.5 Å². The fraction of sp³-hybridized carbons (Fsp3) is 0.100. The predicted octanol–water partition coefficient (Wildman–Crippen LogP) is 3.55. The number of pyridine rings is 2. The molecule has 0 aliphatic rings. The first-order chi connectivity index (χ1) is 12.5. The van der Waals surface area contributed by atoms with Crippen molar-refractivity contribution in [3.63, 3.8) is 0 Å². The van der Waals surface area contributed by atoms with Crippen molar-refractivity contribution in [3.05, 3.63) is 78.8 Å². The first-order valence-corrected chi connectivity index (χ1v) is 10.1. The second kappa shape index (κ2) is 6.38. The van der Waals surface area contributed by atoms with Gasteiger partial charge in [0.2, 0.25) is 0 Å². The molecule has 0 fully saturated rings. The molecule has 0 amide bonds. The molecule has 0 N–H and O–H groups in total. The van der Waals surface area contributed by atoms with Gasteiger partial charge in [0, 0.05) is 42.3 Å². The van der Waals surface area contributed by atoms with Gasteiger partial charge in [0.25, 0.3) is 0 Å². The highest BCUT2D eigenvalue weighted by Gasteiger charge is 2.09. The molecular weight excluding hydrogens is 346 g/mol. The van der Waals surface area contributed by atoms with E-state index in [4.69, 9.17) is 4.98 Å². The number of hydrogen-bond donors (Lipinski definition) is 0. The van der Waals surface area contributed by atoms with Gasteiger partial charge in [-0.05, 0) is 48.0 Å². The van der Waals surface area contributed by atoms with Gasteiger partial charge in [-0.25, -0.2) is 13.4 Å². The summed E-state index contributed by atoms with van der Waals surface area (Å²) in [6.45, 7) is 0.718. The summed E-state index contributed by atoms with van der Waals surface area (Å²) in [5, 5.41) is 1.07. The lowest BCUT2D eigenvalue weighted by Gasteiger charge is -2.07. The molecule has 0 radical (unpaired) electrons. The van der Waals surface area contributed by atoms with E-state index < -0.39 is 9.84 Å². The minimum Gasteiger partial charge on any atom is -0.328 e. The Morgan fingerprint density at radius 1 is 0.923 bits per heavy atom. The summed E-state index contributed by atoms with van der Waals surface area (Å²) >= 11 is 0. The summed E-state index contributed by atoms with van der Waals surface area (Å²) in [7, 11) is -3.20. The number of benzene rings is 1. The zero-order valence-electron chi connectivity index (χ0n) is 14.2. The molecule has 0 aliphatic carbocycles. The lowest BCUT2D eigenvalue weighted by atomic mass is 10.1. The highest BCUT2D eigenvalue weighted by atomic mass is 32.2. The van der Waals surface area contributed by atoms with Gasteiger partial charge in [-0.15, -0.1) is 0 Å². The molecule has 3 heterocycles. The first-order valence-electron chi connectivity index (χ1n) is 8.16. The summed E-state index contributed by atoms with van der Waals surface area (Å²) in [6, 6.07) is 16.8. The van der Waals surface area contributed by atoms with E-state index in [2.05, 4.69) is 9.55 Å². The van der Waals surface area contributed by atoms with Crippen LogP contribution in [0, 0.1) is 0 Å². The van der Waals surface area contributed by atoms with Crippen molar-refractivity contribution in [3.8, 4) is 11.3 Å². The van der Waals surface area contributed by atoms with E-state index in [1.807, 2.05) is 36.5 Å². The minimum absolute atomic E-state index is 0.309. The van der Waals surface area contributed by atoms with Crippen LogP contribution in [0.1, 0.15) is 5.56 Å². The molecule has 3 aromatic heterocycles. The van der Waals surface area contributed by atoms with Crippen LogP contribution in [-0.2, 0) is 16.4 Å². The van der Waals surface area contributed by atoms with E-state index >= 15 is 0 Å². The number of hydrogen-bond acceptors (Lipinski definition) is 4. The highest BCUT2D eigenvalue weighted by Crippen LogP contribution is 2.23. The molecule has 0 saturated carbocycles. The van der Waals surface area contributed by atoms with Crippen molar-refractivity contribution in [2.75, 3.05) is 6.26 Å². The second-order valence-corrected chi connectivity index (χ2v) is 8.22. The Labute approximate surface area is 151 Å². The number of sulfone groups is 1. The SMILES string of the molecule is CS(=O)(=O)c1ccc(-c2ccc3ccn(Cc4ccncc4)c3n2)cc1. The summed E-state index contributed by atoms with van der Waals surface area (Å²) in [5.41, 5.74) is 3.75. The maximum Gasteiger partial charge on any atom is 0.175 e. The third kappa shape index (κ3) is 3.23.